The van der Waals surface area contributed by atoms with Gasteiger partial charge in [-0.05, 0) is 24.5 Å². The molecular formula is C8H12N2O2S. The minimum Gasteiger partial charge on any atom is -0.324 e. The van der Waals surface area contributed by atoms with Gasteiger partial charge in [0.1, 0.15) is 0 Å². The number of hydrogen-bond acceptors (Lipinski definition) is 4. The maximum absolute atomic E-state index is 11.3. The van der Waals surface area contributed by atoms with Gasteiger partial charge in [-0.25, -0.2) is 13.4 Å². The number of nitrogens with zero attached hydrogens (tertiary/aromatic N) is 1. The van der Waals surface area contributed by atoms with Crippen LogP contribution in [0, 0.1) is 0 Å². The predicted octanol–water partition coefficient (Wildman–Crippen LogP) is 0.505. The average Bonchev–Trinajstić information content (AvgIpc) is 2.15. The summed E-state index contributed by atoms with van der Waals surface area (Å²) < 4.78 is 51.6. The van der Waals surface area contributed by atoms with E-state index in [0.29, 0.717) is 0 Å². The molecule has 1 heterocycles. The van der Waals surface area contributed by atoms with Crippen LogP contribution in [0.25, 0.3) is 0 Å². The number of rotatable bonds is 2. The molecule has 5 heteroatoms. The van der Waals surface area contributed by atoms with E-state index < -0.39 is 22.7 Å². The third-order valence-electron chi connectivity index (χ3n) is 1.43. The molecule has 0 bridgehead atoms. The third-order valence-corrected chi connectivity index (χ3v) is 2.41. The Bertz CT molecular complexity index is 525. The van der Waals surface area contributed by atoms with Crippen LogP contribution in [0.5, 0.6) is 0 Å². The maximum atomic E-state index is 11.3. The van der Waals surface area contributed by atoms with Crippen LogP contribution in [0.2, 0.25) is 0 Å². The number of aromatic nitrogens is 1. The Balaban J connectivity index is 3.36. The Morgan fingerprint density at radius 3 is 3.00 bits per heavy atom. The van der Waals surface area contributed by atoms with E-state index in [2.05, 4.69) is 4.98 Å². The van der Waals surface area contributed by atoms with Crippen LogP contribution >= 0.6 is 0 Å². The van der Waals surface area contributed by atoms with Crippen molar-refractivity contribution in [1.29, 1.82) is 0 Å². The molecule has 1 rings (SSSR count). The molecule has 72 valence electrons. The fourth-order valence-electron chi connectivity index (χ4n) is 0.780. The molecule has 0 saturated heterocycles. The molecule has 1 aromatic rings. The lowest BCUT2D eigenvalue weighted by Crippen LogP contribution is -2.07. The van der Waals surface area contributed by atoms with E-state index in [1.165, 1.54) is 6.07 Å². The molecule has 13 heavy (non-hydrogen) atoms. The van der Waals surface area contributed by atoms with Gasteiger partial charge in [0.25, 0.3) is 0 Å². The summed E-state index contributed by atoms with van der Waals surface area (Å²) in [5.74, 6) is 0. The van der Waals surface area contributed by atoms with Gasteiger partial charge in [-0.3, -0.25) is 0 Å². The molecule has 0 unspecified atom stereocenters. The summed E-state index contributed by atoms with van der Waals surface area (Å²) in [6, 6.07) is -0.141. The van der Waals surface area contributed by atoms with Crippen molar-refractivity contribution in [3.63, 3.8) is 0 Å². The van der Waals surface area contributed by atoms with Gasteiger partial charge in [0, 0.05) is 22.6 Å². The second kappa shape index (κ2) is 3.43. The normalized spacial score (nSPS) is 22.0. The summed E-state index contributed by atoms with van der Waals surface area (Å²) in [4.78, 5) is 3.60. The number of nitrogens with two attached hydrogens (primary N) is 1. The lowest BCUT2D eigenvalue weighted by molar-refractivity contribution is 0.598. The van der Waals surface area contributed by atoms with Crippen LogP contribution in [0.4, 0.5) is 0 Å². The summed E-state index contributed by atoms with van der Waals surface area (Å²) >= 11 is 0. The van der Waals surface area contributed by atoms with Crippen molar-refractivity contribution in [2.24, 2.45) is 5.73 Å². The van der Waals surface area contributed by atoms with E-state index in [1.54, 1.807) is 0 Å². The van der Waals surface area contributed by atoms with Crippen LogP contribution in [-0.2, 0) is 9.84 Å². The summed E-state index contributed by atoms with van der Waals surface area (Å²) in [6.45, 7) is -2.76. The molecule has 1 aromatic heterocycles. The van der Waals surface area contributed by atoms with Crippen molar-refractivity contribution < 1.29 is 13.9 Å². The number of hydrogen-bond donors (Lipinski definition) is 1. The highest BCUT2D eigenvalue weighted by atomic mass is 32.2. The zero-order valence-corrected chi connectivity index (χ0v) is 7.80. The molecule has 0 aliphatic rings. The Morgan fingerprint density at radius 2 is 2.46 bits per heavy atom. The van der Waals surface area contributed by atoms with Gasteiger partial charge in [0.2, 0.25) is 0 Å². The minimum absolute atomic E-state index is 0.118. The molecule has 0 spiro atoms. The smallest absolute Gasteiger partial charge is 0.192 e. The zero-order valence-electron chi connectivity index (χ0n) is 11.0. The Morgan fingerprint density at radius 1 is 1.77 bits per heavy atom. The SMILES string of the molecule is [2H]C([2H])([2H])[C@]([2H])(N)c1ccnc(S(C)(=O)=O)c1. The number of sulfone groups is 1. The van der Waals surface area contributed by atoms with Crippen LogP contribution in [0.3, 0.4) is 0 Å². The fraction of sp³-hybridized carbons (Fsp3) is 0.375. The molecule has 1 atom stereocenters. The van der Waals surface area contributed by atoms with Gasteiger partial charge >= 0.3 is 0 Å². The van der Waals surface area contributed by atoms with E-state index in [0.717, 1.165) is 18.5 Å². The van der Waals surface area contributed by atoms with Crippen molar-refractivity contribution in [3.05, 3.63) is 23.9 Å². The standard InChI is InChI=1S/C8H12N2O2S/c1-6(9)7-3-4-10-8(5-7)13(2,11)12/h3-6H,9H2,1-2H3/t6-/m0/s1/i1D3,6D. The molecule has 0 saturated carbocycles. The lowest BCUT2D eigenvalue weighted by atomic mass is 10.1. The first-order valence-corrected chi connectivity index (χ1v) is 5.31. The quantitative estimate of drug-likeness (QED) is 0.761. The predicted molar refractivity (Wildman–Crippen MR) is 49.9 cm³/mol. The lowest BCUT2D eigenvalue weighted by Gasteiger charge is -2.05. The van der Waals surface area contributed by atoms with Gasteiger partial charge < -0.3 is 5.73 Å². The Kier molecular flexibility index (Phi) is 1.51. The van der Waals surface area contributed by atoms with E-state index >= 15 is 0 Å². The second-order valence-electron chi connectivity index (χ2n) is 2.57. The monoisotopic (exact) mass is 204 g/mol. The largest absolute Gasteiger partial charge is 0.324 e. The Hall–Kier alpha value is -0.940. The van der Waals surface area contributed by atoms with Crippen molar-refractivity contribution in [2.75, 3.05) is 6.26 Å². The van der Waals surface area contributed by atoms with Crippen LogP contribution in [0.1, 0.15) is 23.9 Å². The first kappa shape index (κ1) is 5.72. The highest BCUT2D eigenvalue weighted by Gasteiger charge is 2.10. The van der Waals surface area contributed by atoms with Crippen LogP contribution < -0.4 is 5.73 Å². The Labute approximate surface area is 83.3 Å². The summed E-state index contributed by atoms with van der Waals surface area (Å²) in [5, 5.41) is -0.304. The third kappa shape index (κ3) is 2.50. The van der Waals surface area contributed by atoms with Crippen molar-refractivity contribution >= 4 is 9.84 Å². The van der Waals surface area contributed by atoms with Gasteiger partial charge in [-0.2, -0.15) is 0 Å². The summed E-state index contributed by atoms with van der Waals surface area (Å²) in [5.41, 5.74) is 5.29. The van der Waals surface area contributed by atoms with E-state index in [9.17, 15) is 8.42 Å². The van der Waals surface area contributed by atoms with Gasteiger partial charge in [0.05, 0.1) is 1.37 Å². The first-order chi connectivity index (χ1) is 7.46. The second-order valence-corrected chi connectivity index (χ2v) is 4.53. The van der Waals surface area contributed by atoms with E-state index in [4.69, 9.17) is 11.2 Å². The summed E-state index contributed by atoms with van der Waals surface area (Å²) in [6.07, 6.45) is 2.06. The zero-order chi connectivity index (χ0) is 13.5. The van der Waals surface area contributed by atoms with Crippen LogP contribution in [0.15, 0.2) is 23.4 Å². The summed E-state index contributed by atoms with van der Waals surface area (Å²) in [7, 11) is -3.56. The van der Waals surface area contributed by atoms with Crippen molar-refractivity contribution in [3.8, 4) is 0 Å². The van der Waals surface area contributed by atoms with Gasteiger partial charge in [-0.15, -0.1) is 0 Å². The molecule has 0 aromatic carbocycles. The van der Waals surface area contributed by atoms with Crippen LogP contribution in [-0.4, -0.2) is 19.7 Å². The molecule has 0 radical (unpaired) electrons. The van der Waals surface area contributed by atoms with Crippen molar-refractivity contribution in [2.45, 2.75) is 17.9 Å². The average molecular weight is 204 g/mol. The van der Waals surface area contributed by atoms with E-state index in [1.807, 2.05) is 0 Å². The molecule has 4 nitrogen and oxygen atoms in total. The number of pyridine rings is 1. The highest BCUT2D eigenvalue weighted by molar-refractivity contribution is 7.90. The van der Waals surface area contributed by atoms with Gasteiger partial charge in [0.15, 0.2) is 14.9 Å². The topological polar surface area (TPSA) is 73.0 Å². The molecule has 0 aliphatic heterocycles. The molecule has 2 N–H and O–H groups in total. The van der Waals surface area contributed by atoms with E-state index in [-0.39, 0.29) is 10.6 Å². The molecular weight excluding hydrogens is 188 g/mol. The maximum Gasteiger partial charge on any atom is 0.192 e. The van der Waals surface area contributed by atoms with Crippen molar-refractivity contribution in [1.82, 2.24) is 4.98 Å². The fourth-order valence-corrected chi connectivity index (χ4v) is 1.37. The molecule has 0 fully saturated rings. The van der Waals surface area contributed by atoms with Gasteiger partial charge in [-0.1, -0.05) is 0 Å². The highest BCUT2D eigenvalue weighted by Crippen LogP contribution is 2.12. The minimum atomic E-state index is -3.56. The first-order valence-electron chi connectivity index (χ1n) is 5.42. The molecule has 0 amide bonds. The molecule has 0 aliphatic carbocycles.